The van der Waals surface area contributed by atoms with E-state index >= 15 is 0 Å². The fourth-order valence-corrected chi connectivity index (χ4v) is 3.77. The molecule has 3 aromatic rings. The molecule has 0 aliphatic rings. The Kier molecular flexibility index (Phi) is 6.84. The number of aryl methyl sites for hydroxylation is 1. The van der Waals surface area contributed by atoms with Crippen LogP contribution >= 0.6 is 0 Å². The topological polar surface area (TPSA) is 157 Å². The maximum atomic E-state index is 12.5. The van der Waals surface area contributed by atoms with E-state index in [0.717, 1.165) is 11.9 Å². The lowest BCUT2D eigenvalue weighted by atomic mass is 10.1. The summed E-state index contributed by atoms with van der Waals surface area (Å²) < 4.78 is 29.9. The average molecular weight is 472 g/mol. The molecule has 0 bridgehead atoms. The van der Waals surface area contributed by atoms with Gasteiger partial charge in [-0.2, -0.15) is 0 Å². The quantitative estimate of drug-likeness (QED) is 0.284. The summed E-state index contributed by atoms with van der Waals surface area (Å²) in [5, 5.41) is 11.9. The van der Waals surface area contributed by atoms with Crippen molar-refractivity contribution in [1.29, 1.82) is 0 Å². The number of anilines is 3. The molecule has 0 unspecified atom stereocenters. The monoisotopic (exact) mass is 472 g/mol. The molecule has 0 spiro atoms. The Balaban J connectivity index is 1.98. The van der Waals surface area contributed by atoms with E-state index < -0.39 is 26.6 Å². The van der Waals surface area contributed by atoms with E-state index in [9.17, 15) is 23.3 Å². The van der Waals surface area contributed by atoms with Crippen molar-refractivity contribution in [2.45, 2.75) is 11.8 Å². The predicted molar refractivity (Wildman–Crippen MR) is 120 cm³/mol. The molecule has 0 saturated heterocycles. The van der Waals surface area contributed by atoms with Crippen molar-refractivity contribution >= 4 is 39.0 Å². The number of methoxy groups -OCH3 is 1. The van der Waals surface area contributed by atoms with Gasteiger partial charge in [-0.3, -0.25) is 15.5 Å². The minimum Gasteiger partial charge on any atom is -0.465 e. The van der Waals surface area contributed by atoms with E-state index in [0.29, 0.717) is 0 Å². The zero-order valence-corrected chi connectivity index (χ0v) is 18.7. The van der Waals surface area contributed by atoms with Crippen LogP contribution in [0.2, 0.25) is 0 Å². The van der Waals surface area contributed by atoms with E-state index in [1.54, 1.807) is 30.3 Å². The smallest absolute Gasteiger partial charge is 0.355 e. The van der Waals surface area contributed by atoms with E-state index in [-0.39, 0.29) is 27.8 Å². The molecule has 13 heteroatoms. The first-order valence-electron chi connectivity index (χ1n) is 9.40. The first-order chi connectivity index (χ1) is 15.7. The van der Waals surface area contributed by atoms with Gasteiger partial charge >= 0.3 is 11.7 Å². The number of carbonyl (C=O) groups excluding carboxylic acids is 1. The molecular formula is C20H20N6O6S. The molecule has 3 rings (SSSR count). The number of hydrogen-bond donors (Lipinski definition) is 2. The molecule has 33 heavy (non-hydrogen) atoms. The standard InChI is InChI=1S/C20H20N6O6S/c1-13-8-10-14(11-9-13)33(30,31)24-23-18-17(26(28)29)19(22-12-21-18)25(2)16-7-5-4-6-15(16)20(27)32-3/h4-12,24H,1-3H3,(H,21,22,23). The molecule has 2 N–H and O–H groups in total. The molecule has 0 fully saturated rings. The van der Waals surface area contributed by atoms with Crippen LogP contribution in [-0.2, 0) is 14.8 Å². The highest BCUT2D eigenvalue weighted by atomic mass is 32.2. The number of sulfonamides is 1. The van der Waals surface area contributed by atoms with Gasteiger partial charge in [-0.1, -0.05) is 29.8 Å². The number of rotatable bonds is 8. The van der Waals surface area contributed by atoms with Crippen LogP contribution in [0.5, 0.6) is 0 Å². The van der Waals surface area contributed by atoms with Crippen molar-refractivity contribution < 1.29 is 22.9 Å². The fourth-order valence-electron chi connectivity index (χ4n) is 2.93. The molecule has 0 saturated carbocycles. The van der Waals surface area contributed by atoms with Gasteiger partial charge in [0.15, 0.2) is 0 Å². The Morgan fingerprint density at radius 2 is 1.79 bits per heavy atom. The normalized spacial score (nSPS) is 11.0. The van der Waals surface area contributed by atoms with Crippen LogP contribution in [0, 0.1) is 17.0 Å². The lowest BCUT2D eigenvalue weighted by Crippen LogP contribution is -2.30. The van der Waals surface area contributed by atoms with Crippen LogP contribution in [0.15, 0.2) is 59.8 Å². The number of hydrogen-bond acceptors (Lipinski definition) is 10. The SMILES string of the molecule is COC(=O)c1ccccc1N(C)c1ncnc(NNS(=O)(=O)c2ccc(C)cc2)c1[N+](=O)[O-]. The Hall–Kier alpha value is -4.10. The van der Waals surface area contributed by atoms with Crippen LogP contribution in [0.1, 0.15) is 15.9 Å². The van der Waals surface area contributed by atoms with E-state index in [1.165, 1.54) is 37.3 Å². The number of aromatic nitrogens is 2. The molecular weight excluding hydrogens is 452 g/mol. The molecule has 1 aromatic heterocycles. The molecule has 12 nitrogen and oxygen atoms in total. The Labute approximate surface area is 189 Å². The van der Waals surface area contributed by atoms with Crippen molar-refractivity contribution in [1.82, 2.24) is 14.8 Å². The number of nitrogens with zero attached hydrogens (tertiary/aromatic N) is 4. The van der Waals surface area contributed by atoms with E-state index in [4.69, 9.17) is 4.74 Å². The lowest BCUT2D eigenvalue weighted by molar-refractivity contribution is -0.383. The summed E-state index contributed by atoms with van der Waals surface area (Å²) in [5.41, 5.74) is 3.00. The Morgan fingerprint density at radius 1 is 1.12 bits per heavy atom. The van der Waals surface area contributed by atoms with Gasteiger partial charge in [-0.25, -0.2) is 23.2 Å². The number of nitro groups is 1. The molecule has 0 amide bonds. The number of nitrogens with one attached hydrogen (secondary N) is 2. The van der Waals surface area contributed by atoms with Gasteiger partial charge in [0.25, 0.3) is 10.0 Å². The average Bonchev–Trinajstić information content (AvgIpc) is 2.81. The van der Waals surface area contributed by atoms with Gasteiger partial charge in [-0.05, 0) is 31.2 Å². The summed E-state index contributed by atoms with van der Waals surface area (Å²) >= 11 is 0. The summed E-state index contributed by atoms with van der Waals surface area (Å²) in [6.07, 6.45) is 1.03. The summed E-state index contributed by atoms with van der Waals surface area (Å²) in [6.45, 7) is 1.81. The second kappa shape index (κ2) is 9.58. The van der Waals surface area contributed by atoms with Gasteiger partial charge in [0.1, 0.15) is 6.33 Å². The van der Waals surface area contributed by atoms with Crippen molar-refractivity contribution in [2.75, 3.05) is 24.5 Å². The van der Waals surface area contributed by atoms with Gasteiger partial charge in [-0.15, -0.1) is 4.83 Å². The second-order valence-electron chi connectivity index (χ2n) is 6.76. The predicted octanol–water partition coefficient (Wildman–Crippen LogP) is 2.55. The van der Waals surface area contributed by atoms with Crippen LogP contribution in [0.25, 0.3) is 0 Å². The first kappa shape index (κ1) is 23.6. The molecule has 172 valence electrons. The zero-order chi connectivity index (χ0) is 24.2. The Bertz CT molecular complexity index is 1300. The number of ether oxygens (including phenoxy) is 1. The third kappa shape index (κ3) is 5.05. The van der Waals surface area contributed by atoms with Crippen LogP contribution in [-0.4, -0.2) is 43.4 Å². The van der Waals surface area contributed by atoms with Gasteiger partial charge in [0.05, 0.1) is 28.2 Å². The number of para-hydroxylation sites is 1. The van der Waals surface area contributed by atoms with Crippen LogP contribution in [0.3, 0.4) is 0 Å². The highest BCUT2D eigenvalue weighted by Crippen LogP contribution is 2.36. The molecule has 1 heterocycles. The van der Waals surface area contributed by atoms with Crippen LogP contribution in [0.4, 0.5) is 23.0 Å². The summed E-state index contributed by atoms with van der Waals surface area (Å²) in [4.78, 5) is 34.4. The number of esters is 1. The summed E-state index contributed by atoms with van der Waals surface area (Å²) in [6, 6.07) is 12.4. The van der Waals surface area contributed by atoms with E-state index in [1.807, 2.05) is 6.92 Å². The van der Waals surface area contributed by atoms with Crippen LogP contribution < -0.4 is 15.2 Å². The minimum absolute atomic E-state index is 0.0401. The van der Waals surface area contributed by atoms with E-state index in [2.05, 4.69) is 20.2 Å². The number of benzene rings is 2. The molecule has 0 radical (unpaired) electrons. The fraction of sp³-hybridized carbons (Fsp3) is 0.150. The largest absolute Gasteiger partial charge is 0.465 e. The zero-order valence-electron chi connectivity index (χ0n) is 17.8. The van der Waals surface area contributed by atoms with Gasteiger partial charge < -0.3 is 9.64 Å². The maximum Gasteiger partial charge on any atom is 0.355 e. The van der Waals surface area contributed by atoms with Crippen molar-refractivity contribution in [3.63, 3.8) is 0 Å². The molecule has 0 atom stereocenters. The maximum absolute atomic E-state index is 12.5. The van der Waals surface area contributed by atoms with Crippen molar-refractivity contribution in [3.8, 4) is 0 Å². The highest BCUT2D eigenvalue weighted by molar-refractivity contribution is 7.89. The lowest BCUT2D eigenvalue weighted by Gasteiger charge is -2.21. The summed E-state index contributed by atoms with van der Waals surface area (Å²) in [5.74, 6) is -1.20. The number of hydrazine groups is 1. The molecule has 0 aliphatic carbocycles. The Morgan fingerprint density at radius 3 is 2.42 bits per heavy atom. The van der Waals surface area contributed by atoms with Gasteiger partial charge in [0.2, 0.25) is 11.6 Å². The number of carbonyl (C=O) groups is 1. The highest BCUT2D eigenvalue weighted by Gasteiger charge is 2.29. The molecule has 2 aromatic carbocycles. The summed E-state index contributed by atoms with van der Waals surface area (Å²) in [7, 11) is -1.36. The van der Waals surface area contributed by atoms with Crippen molar-refractivity contribution in [3.05, 3.63) is 76.1 Å². The second-order valence-corrected chi connectivity index (χ2v) is 8.45. The third-order valence-corrected chi connectivity index (χ3v) is 5.87. The van der Waals surface area contributed by atoms with Crippen molar-refractivity contribution in [2.24, 2.45) is 0 Å². The third-order valence-electron chi connectivity index (χ3n) is 4.61. The molecule has 0 aliphatic heterocycles. The van der Waals surface area contributed by atoms with Gasteiger partial charge in [0, 0.05) is 7.05 Å². The minimum atomic E-state index is -4.04. The first-order valence-corrected chi connectivity index (χ1v) is 10.9.